The fourth-order valence-electron chi connectivity index (χ4n) is 9.41. The van der Waals surface area contributed by atoms with E-state index < -0.39 is 0 Å². The molecule has 0 spiro atoms. The molecule has 0 atom stereocenters. The molecule has 58 heavy (non-hydrogen) atoms. The number of benzene rings is 11. The first-order valence-electron chi connectivity index (χ1n) is 19.9. The van der Waals surface area contributed by atoms with E-state index in [9.17, 15) is 0 Å². The number of hydrogen-bond donors (Lipinski definition) is 0. The highest BCUT2D eigenvalue weighted by molar-refractivity contribution is 6.23. The summed E-state index contributed by atoms with van der Waals surface area (Å²) in [5.74, 6) is 0. The molecule has 0 aliphatic carbocycles. The van der Waals surface area contributed by atoms with E-state index in [2.05, 4.69) is 217 Å². The minimum absolute atomic E-state index is 0.864. The Balaban J connectivity index is 1.18. The number of nitrogens with zero attached hydrogens (tertiary/aromatic N) is 1. The Hall–Kier alpha value is -7.68. The van der Waals surface area contributed by atoms with E-state index in [1.807, 2.05) is 0 Å². The summed E-state index contributed by atoms with van der Waals surface area (Å²) in [7, 11) is 0. The third kappa shape index (κ3) is 4.99. The van der Waals surface area contributed by atoms with Crippen LogP contribution in [0.4, 0.5) is 17.1 Å². The molecule has 0 aliphatic rings. The zero-order valence-corrected chi connectivity index (χ0v) is 31.6. The summed E-state index contributed by atoms with van der Waals surface area (Å²) in [6, 6.07) is 77.1. The second-order valence-corrected chi connectivity index (χ2v) is 15.2. The van der Waals surface area contributed by atoms with E-state index in [4.69, 9.17) is 4.42 Å². The van der Waals surface area contributed by atoms with Gasteiger partial charge in [0, 0.05) is 39.0 Å². The van der Waals surface area contributed by atoms with Crippen LogP contribution < -0.4 is 4.90 Å². The topological polar surface area (TPSA) is 16.4 Å². The van der Waals surface area contributed by atoms with Crippen LogP contribution in [0.2, 0.25) is 0 Å². The zero-order chi connectivity index (χ0) is 38.2. The fourth-order valence-corrected chi connectivity index (χ4v) is 9.41. The SMILES string of the molecule is c1ccc(-c2c(-c3ccccc3)c3cc(N(c4ccc5c(c4)oc4c6ccccc6ccc54)c4cccc5c4ccc4ccccc45)ccc3c3ccccc23)cc1. The highest BCUT2D eigenvalue weighted by Gasteiger charge is 2.22. The third-order valence-corrected chi connectivity index (χ3v) is 12.0. The van der Waals surface area contributed by atoms with Crippen LogP contribution in [0, 0.1) is 0 Å². The Kier molecular flexibility index (Phi) is 7.26. The Morgan fingerprint density at radius 3 is 1.53 bits per heavy atom. The largest absolute Gasteiger partial charge is 0.455 e. The number of anilines is 3. The standard InChI is InChI=1S/C56H35NO/c1-3-16-38(17-4-1)54-49-23-12-11-22-45(49)46-32-28-40(34-51(46)55(54)39-18-5-2-6-19-39)57(52-25-13-24-44-42-20-9-7-14-36(42)26-30-47(44)52)41-29-33-48-50-31-27-37-15-8-10-21-43(37)56(50)58-53(48)35-41/h1-35H. The minimum atomic E-state index is 0.864. The van der Waals surface area contributed by atoms with Crippen molar-refractivity contribution < 1.29 is 4.42 Å². The summed E-state index contributed by atoms with van der Waals surface area (Å²) in [5, 5.41) is 14.3. The lowest BCUT2D eigenvalue weighted by atomic mass is 9.85. The molecule has 0 unspecified atom stereocenters. The molecule has 12 aromatic rings. The summed E-state index contributed by atoms with van der Waals surface area (Å²) in [6.45, 7) is 0. The van der Waals surface area contributed by atoms with Gasteiger partial charge in [-0.25, -0.2) is 0 Å². The number of hydrogen-bond acceptors (Lipinski definition) is 2. The smallest absolute Gasteiger partial charge is 0.143 e. The second kappa shape index (κ2) is 12.9. The van der Waals surface area contributed by atoms with Gasteiger partial charge < -0.3 is 9.32 Å². The molecule has 1 aromatic heterocycles. The maximum Gasteiger partial charge on any atom is 0.143 e. The van der Waals surface area contributed by atoms with Crippen LogP contribution in [0.25, 0.3) is 98.1 Å². The van der Waals surface area contributed by atoms with Gasteiger partial charge in [-0.15, -0.1) is 0 Å². The number of fused-ring (bicyclic) bond motifs is 11. The van der Waals surface area contributed by atoms with E-state index in [-0.39, 0.29) is 0 Å². The molecule has 2 nitrogen and oxygen atoms in total. The average Bonchev–Trinajstić information content (AvgIpc) is 3.68. The summed E-state index contributed by atoms with van der Waals surface area (Å²) in [4.78, 5) is 2.42. The molecule has 0 saturated heterocycles. The first-order chi connectivity index (χ1) is 28.8. The molecular weight excluding hydrogens is 703 g/mol. The van der Waals surface area contributed by atoms with Gasteiger partial charge >= 0.3 is 0 Å². The summed E-state index contributed by atoms with van der Waals surface area (Å²) in [6.07, 6.45) is 0. The molecule has 0 radical (unpaired) electrons. The van der Waals surface area contributed by atoms with Crippen molar-refractivity contribution in [2.75, 3.05) is 4.90 Å². The summed E-state index contributed by atoms with van der Waals surface area (Å²) in [5.41, 5.74) is 9.85. The van der Waals surface area contributed by atoms with Gasteiger partial charge in [-0.3, -0.25) is 0 Å². The quantitative estimate of drug-likeness (QED) is 0.164. The second-order valence-electron chi connectivity index (χ2n) is 15.2. The first kappa shape index (κ1) is 32.6. The molecule has 0 bridgehead atoms. The van der Waals surface area contributed by atoms with Crippen molar-refractivity contribution in [1.29, 1.82) is 0 Å². The molecule has 11 aromatic carbocycles. The molecular formula is C56H35NO. The number of furan rings is 1. The lowest BCUT2D eigenvalue weighted by Crippen LogP contribution is -2.10. The van der Waals surface area contributed by atoms with Crippen LogP contribution in [0.15, 0.2) is 217 Å². The van der Waals surface area contributed by atoms with E-state index in [0.717, 1.165) is 44.4 Å². The molecule has 0 N–H and O–H groups in total. The number of rotatable bonds is 5. The van der Waals surface area contributed by atoms with Crippen molar-refractivity contribution in [3.63, 3.8) is 0 Å². The molecule has 12 rings (SSSR count). The van der Waals surface area contributed by atoms with Crippen LogP contribution in [0.1, 0.15) is 0 Å². The first-order valence-corrected chi connectivity index (χ1v) is 19.9. The van der Waals surface area contributed by atoms with Crippen molar-refractivity contribution in [2.45, 2.75) is 0 Å². The maximum absolute atomic E-state index is 6.81. The van der Waals surface area contributed by atoms with Crippen LogP contribution in [-0.4, -0.2) is 0 Å². The van der Waals surface area contributed by atoms with Gasteiger partial charge in [0.05, 0.1) is 5.69 Å². The van der Waals surface area contributed by atoms with Crippen molar-refractivity contribution >= 4 is 92.9 Å². The predicted molar refractivity (Wildman–Crippen MR) is 247 cm³/mol. The highest BCUT2D eigenvalue weighted by Crippen LogP contribution is 2.48. The van der Waals surface area contributed by atoms with Gasteiger partial charge in [0.15, 0.2) is 0 Å². The van der Waals surface area contributed by atoms with Crippen molar-refractivity contribution in [3.05, 3.63) is 212 Å². The lowest BCUT2D eigenvalue weighted by Gasteiger charge is -2.28. The van der Waals surface area contributed by atoms with Crippen molar-refractivity contribution in [1.82, 2.24) is 0 Å². The Labute approximate surface area is 335 Å². The van der Waals surface area contributed by atoms with E-state index in [1.54, 1.807) is 0 Å². The fraction of sp³-hybridized carbons (Fsp3) is 0. The van der Waals surface area contributed by atoms with E-state index >= 15 is 0 Å². The molecule has 2 heteroatoms. The highest BCUT2D eigenvalue weighted by atomic mass is 16.3. The van der Waals surface area contributed by atoms with Crippen molar-refractivity contribution in [2.24, 2.45) is 0 Å². The normalized spacial score (nSPS) is 11.8. The lowest BCUT2D eigenvalue weighted by molar-refractivity contribution is 0.673. The molecule has 270 valence electrons. The monoisotopic (exact) mass is 737 g/mol. The minimum Gasteiger partial charge on any atom is -0.455 e. The van der Waals surface area contributed by atoms with E-state index in [1.165, 1.54) is 70.7 Å². The Morgan fingerprint density at radius 1 is 0.293 bits per heavy atom. The van der Waals surface area contributed by atoms with Crippen LogP contribution >= 0.6 is 0 Å². The third-order valence-electron chi connectivity index (χ3n) is 12.0. The van der Waals surface area contributed by atoms with Gasteiger partial charge in [0.25, 0.3) is 0 Å². The Bertz CT molecular complexity index is 3570. The van der Waals surface area contributed by atoms with E-state index in [0.29, 0.717) is 0 Å². The molecule has 0 amide bonds. The molecule has 0 aliphatic heterocycles. The summed E-state index contributed by atoms with van der Waals surface area (Å²) < 4.78 is 6.81. The van der Waals surface area contributed by atoms with Crippen molar-refractivity contribution in [3.8, 4) is 22.3 Å². The Morgan fingerprint density at radius 2 is 0.793 bits per heavy atom. The average molecular weight is 738 g/mol. The van der Waals surface area contributed by atoms with Crippen LogP contribution in [0.3, 0.4) is 0 Å². The molecule has 0 saturated carbocycles. The van der Waals surface area contributed by atoms with Gasteiger partial charge in [-0.2, -0.15) is 0 Å². The van der Waals surface area contributed by atoms with Crippen LogP contribution in [-0.2, 0) is 0 Å². The van der Waals surface area contributed by atoms with Gasteiger partial charge in [0.2, 0.25) is 0 Å². The molecule has 1 heterocycles. The van der Waals surface area contributed by atoms with Crippen LogP contribution in [0.5, 0.6) is 0 Å². The summed E-state index contributed by atoms with van der Waals surface area (Å²) >= 11 is 0. The van der Waals surface area contributed by atoms with Gasteiger partial charge in [-0.05, 0) is 102 Å². The predicted octanol–water partition coefficient (Wildman–Crippen LogP) is 16.2. The van der Waals surface area contributed by atoms with Gasteiger partial charge in [0.1, 0.15) is 11.2 Å². The maximum atomic E-state index is 6.81. The zero-order valence-electron chi connectivity index (χ0n) is 31.6. The van der Waals surface area contributed by atoms with Gasteiger partial charge in [-0.1, -0.05) is 170 Å². The molecule has 0 fully saturated rings.